The molecule has 180 valence electrons. The zero-order valence-electron chi connectivity index (χ0n) is 20.9. The van der Waals surface area contributed by atoms with E-state index in [1.807, 2.05) is 31.5 Å². The minimum absolute atomic E-state index is 0.0106. The largest absolute Gasteiger partial charge is 0.454 e. The summed E-state index contributed by atoms with van der Waals surface area (Å²) in [6.07, 6.45) is 6.06. The molecule has 0 fully saturated rings. The molecule has 2 heterocycles. The molecule has 2 aromatic carbocycles. The summed E-state index contributed by atoms with van der Waals surface area (Å²) in [5.41, 5.74) is 4.07. The van der Waals surface area contributed by atoms with E-state index in [0.717, 1.165) is 52.5 Å². The number of aryl methyl sites for hydroxylation is 1. The summed E-state index contributed by atoms with van der Waals surface area (Å²) < 4.78 is 13.4. The highest BCUT2D eigenvalue weighted by Crippen LogP contribution is 2.42. The van der Waals surface area contributed by atoms with Crippen molar-refractivity contribution in [1.82, 2.24) is 9.55 Å². The number of anilines is 1. The molecule has 1 N–H and O–H groups in total. The number of hydrogen-bond donors (Lipinski definition) is 1. The Bertz CT molecular complexity index is 1160. The van der Waals surface area contributed by atoms with Gasteiger partial charge in [0.05, 0.1) is 0 Å². The average molecular weight is 462 g/mol. The highest BCUT2D eigenvalue weighted by molar-refractivity contribution is 5.92. The number of carbonyl (C=O) groups is 1. The number of aromatic nitrogens is 2. The molecule has 4 rings (SSSR count). The van der Waals surface area contributed by atoms with Gasteiger partial charge in [0.1, 0.15) is 5.82 Å². The van der Waals surface area contributed by atoms with Crippen LogP contribution in [0, 0.1) is 6.92 Å². The highest BCUT2D eigenvalue weighted by atomic mass is 16.7. The number of nitrogens with one attached hydrogen (secondary N) is 1. The summed E-state index contributed by atoms with van der Waals surface area (Å²) in [4.78, 5) is 17.7. The second-order valence-corrected chi connectivity index (χ2v) is 10.1. The van der Waals surface area contributed by atoms with E-state index in [2.05, 4.69) is 66.8 Å². The Morgan fingerprint density at radius 1 is 1.21 bits per heavy atom. The third-order valence-electron chi connectivity index (χ3n) is 6.38. The molecule has 0 aliphatic carbocycles. The molecule has 6 heteroatoms. The predicted molar refractivity (Wildman–Crippen MR) is 135 cm³/mol. The van der Waals surface area contributed by atoms with E-state index in [1.54, 1.807) is 0 Å². The van der Waals surface area contributed by atoms with Crippen molar-refractivity contribution in [1.29, 1.82) is 0 Å². The molecule has 1 aliphatic rings. The van der Waals surface area contributed by atoms with Crippen molar-refractivity contribution in [3.63, 3.8) is 0 Å². The lowest BCUT2D eigenvalue weighted by molar-refractivity contribution is -0.116. The number of rotatable bonds is 8. The van der Waals surface area contributed by atoms with Gasteiger partial charge in [-0.05, 0) is 47.9 Å². The molecule has 1 unspecified atom stereocenters. The van der Waals surface area contributed by atoms with Gasteiger partial charge in [-0.25, -0.2) is 4.98 Å². The minimum Gasteiger partial charge on any atom is -0.454 e. The first kappa shape index (κ1) is 23.9. The number of ether oxygens (including phenoxy) is 2. The number of hydrogen-bond acceptors (Lipinski definition) is 4. The first-order chi connectivity index (χ1) is 16.3. The fourth-order valence-electron chi connectivity index (χ4n) is 4.63. The van der Waals surface area contributed by atoms with Gasteiger partial charge in [0.2, 0.25) is 12.7 Å². The Kier molecular flexibility index (Phi) is 6.96. The number of para-hydroxylation sites is 1. The van der Waals surface area contributed by atoms with Crippen molar-refractivity contribution in [2.75, 3.05) is 12.1 Å². The molecule has 0 bridgehead atoms. The Morgan fingerprint density at radius 3 is 2.74 bits per heavy atom. The number of benzene rings is 2. The smallest absolute Gasteiger partial charge is 0.231 e. The van der Waals surface area contributed by atoms with Crippen LogP contribution >= 0.6 is 0 Å². The molecule has 0 radical (unpaired) electrons. The van der Waals surface area contributed by atoms with Crippen LogP contribution in [0.15, 0.2) is 48.8 Å². The summed E-state index contributed by atoms with van der Waals surface area (Å²) in [6, 6.07) is 12.3. The molecule has 0 saturated heterocycles. The SMILES string of the molecule is CCCC(CC(=O)Nc1cc(Cn2ccnc2C)ccc1C(C)(C)C)c1cccc2c1OCO2. The second kappa shape index (κ2) is 9.92. The van der Waals surface area contributed by atoms with E-state index in [4.69, 9.17) is 9.47 Å². The van der Waals surface area contributed by atoms with Crippen LogP contribution in [0.1, 0.15) is 75.4 Å². The van der Waals surface area contributed by atoms with Crippen molar-refractivity contribution in [3.8, 4) is 11.5 Å². The van der Waals surface area contributed by atoms with Gasteiger partial charge in [0.15, 0.2) is 11.5 Å². The zero-order valence-corrected chi connectivity index (χ0v) is 20.9. The quantitative estimate of drug-likeness (QED) is 0.435. The maximum Gasteiger partial charge on any atom is 0.231 e. The summed E-state index contributed by atoms with van der Waals surface area (Å²) in [7, 11) is 0. The van der Waals surface area contributed by atoms with Gasteiger partial charge < -0.3 is 19.4 Å². The van der Waals surface area contributed by atoms with E-state index in [9.17, 15) is 4.79 Å². The molecular formula is C28H35N3O3. The van der Waals surface area contributed by atoms with Crippen LogP contribution < -0.4 is 14.8 Å². The van der Waals surface area contributed by atoms with Gasteiger partial charge >= 0.3 is 0 Å². The van der Waals surface area contributed by atoms with Crippen LogP contribution in [0.4, 0.5) is 5.69 Å². The average Bonchev–Trinajstić information content (AvgIpc) is 3.41. The van der Waals surface area contributed by atoms with Crippen molar-refractivity contribution in [2.45, 2.75) is 71.8 Å². The maximum absolute atomic E-state index is 13.3. The Labute approximate surface area is 202 Å². The van der Waals surface area contributed by atoms with E-state index >= 15 is 0 Å². The first-order valence-corrected chi connectivity index (χ1v) is 12.1. The minimum atomic E-state index is -0.0969. The standard InChI is InChI=1S/C28H35N3O3/c1-6-8-21(22-9-7-10-25-27(22)34-18-33-25)16-26(32)30-24-15-20(11-12-23(24)28(3,4)5)17-31-14-13-29-19(31)2/h7,9-15,21H,6,8,16-18H2,1-5H3,(H,30,32). The van der Waals surface area contributed by atoms with Crippen molar-refractivity contribution < 1.29 is 14.3 Å². The van der Waals surface area contributed by atoms with Crippen LogP contribution in [-0.4, -0.2) is 22.3 Å². The molecule has 6 nitrogen and oxygen atoms in total. The molecule has 1 aromatic heterocycles. The molecular weight excluding hydrogens is 426 g/mol. The van der Waals surface area contributed by atoms with Gasteiger partial charge in [0, 0.05) is 36.6 Å². The van der Waals surface area contributed by atoms with E-state index in [1.165, 1.54) is 0 Å². The topological polar surface area (TPSA) is 65.4 Å². The number of carbonyl (C=O) groups excluding carboxylic acids is 1. The number of nitrogens with zero attached hydrogens (tertiary/aromatic N) is 2. The fourth-order valence-corrected chi connectivity index (χ4v) is 4.63. The van der Waals surface area contributed by atoms with E-state index in [-0.39, 0.29) is 24.0 Å². The fraction of sp³-hybridized carbons (Fsp3) is 0.429. The summed E-state index contributed by atoms with van der Waals surface area (Å²) >= 11 is 0. The molecule has 34 heavy (non-hydrogen) atoms. The van der Waals surface area contributed by atoms with Gasteiger partial charge in [-0.2, -0.15) is 0 Å². The lowest BCUT2D eigenvalue weighted by Gasteiger charge is -2.25. The molecule has 1 aliphatic heterocycles. The number of imidazole rings is 1. The summed E-state index contributed by atoms with van der Waals surface area (Å²) in [5.74, 6) is 2.58. The first-order valence-electron chi connectivity index (χ1n) is 12.1. The molecule has 1 amide bonds. The van der Waals surface area contributed by atoms with Crippen LogP contribution in [0.25, 0.3) is 0 Å². The highest BCUT2D eigenvalue weighted by Gasteiger charge is 2.26. The summed E-state index contributed by atoms with van der Waals surface area (Å²) in [6.45, 7) is 11.6. The normalized spacial score (nSPS) is 13.7. The van der Waals surface area contributed by atoms with Gasteiger partial charge in [-0.3, -0.25) is 4.79 Å². The van der Waals surface area contributed by atoms with Crippen molar-refractivity contribution in [3.05, 3.63) is 71.3 Å². The van der Waals surface area contributed by atoms with Crippen LogP contribution in [-0.2, 0) is 16.8 Å². The monoisotopic (exact) mass is 461 g/mol. The second-order valence-electron chi connectivity index (χ2n) is 10.1. The van der Waals surface area contributed by atoms with Crippen LogP contribution in [0.3, 0.4) is 0 Å². The number of amides is 1. The Morgan fingerprint density at radius 2 is 2.03 bits per heavy atom. The van der Waals surface area contributed by atoms with E-state index < -0.39 is 0 Å². The van der Waals surface area contributed by atoms with Gasteiger partial charge in [-0.1, -0.05) is 58.4 Å². The van der Waals surface area contributed by atoms with Crippen LogP contribution in [0.5, 0.6) is 11.5 Å². The van der Waals surface area contributed by atoms with Crippen molar-refractivity contribution >= 4 is 11.6 Å². The Hall–Kier alpha value is -3.28. The van der Waals surface area contributed by atoms with E-state index in [0.29, 0.717) is 13.0 Å². The van der Waals surface area contributed by atoms with Crippen LogP contribution in [0.2, 0.25) is 0 Å². The number of fused-ring (bicyclic) bond motifs is 1. The lowest BCUT2D eigenvalue weighted by atomic mass is 9.85. The lowest BCUT2D eigenvalue weighted by Crippen LogP contribution is -2.21. The van der Waals surface area contributed by atoms with Gasteiger partial charge in [0.25, 0.3) is 0 Å². The third-order valence-corrected chi connectivity index (χ3v) is 6.38. The summed E-state index contributed by atoms with van der Waals surface area (Å²) in [5, 5.41) is 3.24. The van der Waals surface area contributed by atoms with Gasteiger partial charge in [-0.15, -0.1) is 0 Å². The molecule has 1 atom stereocenters. The Balaban J connectivity index is 1.57. The molecule has 0 saturated carbocycles. The maximum atomic E-state index is 13.3. The van der Waals surface area contributed by atoms with Crippen molar-refractivity contribution in [2.24, 2.45) is 0 Å². The molecule has 3 aromatic rings. The molecule has 0 spiro atoms. The zero-order chi connectivity index (χ0) is 24.3. The predicted octanol–water partition coefficient (Wildman–Crippen LogP) is 6.18. The third kappa shape index (κ3) is 5.27.